The number of aromatic nitrogens is 1. The van der Waals surface area contributed by atoms with Crippen molar-refractivity contribution >= 4 is 28.7 Å². The maximum atomic E-state index is 12.6. The van der Waals surface area contributed by atoms with Gasteiger partial charge in [0.25, 0.3) is 0 Å². The molecular weight excluding hydrogens is 356 g/mol. The number of pyridine rings is 1. The van der Waals surface area contributed by atoms with Gasteiger partial charge in [0.15, 0.2) is 5.72 Å². The van der Waals surface area contributed by atoms with Crippen molar-refractivity contribution in [2.24, 2.45) is 22.6 Å². The quantitative estimate of drug-likeness (QED) is 0.725. The predicted octanol–water partition coefficient (Wildman–Crippen LogP) is 0.823. The van der Waals surface area contributed by atoms with E-state index >= 15 is 0 Å². The van der Waals surface area contributed by atoms with Gasteiger partial charge in [-0.1, -0.05) is 11.8 Å². The maximum absolute atomic E-state index is 12.6. The highest BCUT2D eigenvalue weighted by Crippen LogP contribution is 2.45. The summed E-state index contributed by atoms with van der Waals surface area (Å²) in [6.45, 7) is 3.19. The number of esters is 1. The number of nitrogens with two attached hydrogens (primary N) is 1. The molecule has 0 radical (unpaired) electrons. The summed E-state index contributed by atoms with van der Waals surface area (Å²) in [5, 5.41) is 20.9. The van der Waals surface area contributed by atoms with Gasteiger partial charge in [-0.15, -0.1) is 0 Å². The molecular formula is C17H20N4O4S. The molecule has 1 amide bonds. The van der Waals surface area contributed by atoms with E-state index in [-0.39, 0.29) is 17.4 Å². The zero-order valence-electron chi connectivity index (χ0n) is 14.5. The average molecular weight is 376 g/mol. The fraction of sp³-hybridized carbons (Fsp3) is 0.471. The first-order chi connectivity index (χ1) is 12.3. The van der Waals surface area contributed by atoms with Crippen LogP contribution in [0.25, 0.3) is 0 Å². The summed E-state index contributed by atoms with van der Waals surface area (Å²) in [5.74, 6) is -3.90. The van der Waals surface area contributed by atoms with E-state index in [1.54, 1.807) is 31.5 Å². The molecule has 0 fully saturated rings. The second-order valence-corrected chi connectivity index (χ2v) is 6.94. The molecule has 0 bridgehead atoms. The van der Waals surface area contributed by atoms with Gasteiger partial charge in [0.2, 0.25) is 5.91 Å². The largest absolute Gasteiger partial charge is 0.466 e. The number of aliphatic hydroxyl groups is 1. The van der Waals surface area contributed by atoms with Gasteiger partial charge >= 0.3 is 5.97 Å². The molecule has 1 aromatic heterocycles. The smallest absolute Gasteiger partial charge is 0.314 e. The molecule has 2 rings (SSSR count). The normalized spacial score (nSPS) is 27.9. The third-order valence-electron chi connectivity index (χ3n) is 4.04. The molecule has 0 unspecified atom stereocenters. The standard InChI is InChI=1S/C17H20N4O4S/c1-3-25-16(23)14-13(10-4-6-20-7-5-10)11(8-18)15(21-17(14,2)24)26-9-12(19)22/h4-7,11,13-14,24H,3,9H2,1-2H3,(H2,19,22)/t11-,13+,14+,17+/m1/s1. The number of amides is 1. The minimum absolute atomic E-state index is 0.0831. The number of aliphatic imine (C=N–C) groups is 1. The Morgan fingerprint density at radius 2 is 2.12 bits per heavy atom. The van der Waals surface area contributed by atoms with E-state index in [1.807, 2.05) is 0 Å². The maximum Gasteiger partial charge on any atom is 0.314 e. The van der Waals surface area contributed by atoms with Crippen LogP contribution in [0.5, 0.6) is 0 Å². The van der Waals surface area contributed by atoms with Gasteiger partial charge < -0.3 is 15.6 Å². The van der Waals surface area contributed by atoms with E-state index in [4.69, 9.17) is 10.5 Å². The molecule has 9 heteroatoms. The second-order valence-electron chi connectivity index (χ2n) is 5.94. The molecule has 1 aliphatic rings. The number of rotatable bonds is 5. The van der Waals surface area contributed by atoms with Crippen molar-refractivity contribution in [3.8, 4) is 6.07 Å². The average Bonchev–Trinajstić information content (AvgIpc) is 2.59. The van der Waals surface area contributed by atoms with Gasteiger partial charge in [0, 0.05) is 18.3 Å². The highest BCUT2D eigenvalue weighted by atomic mass is 32.2. The number of ether oxygens (including phenoxy) is 1. The molecule has 8 nitrogen and oxygen atoms in total. The molecule has 1 aliphatic heterocycles. The fourth-order valence-corrected chi connectivity index (χ4v) is 3.94. The lowest BCUT2D eigenvalue weighted by atomic mass is 9.71. The van der Waals surface area contributed by atoms with Crippen molar-refractivity contribution in [1.82, 2.24) is 4.98 Å². The van der Waals surface area contributed by atoms with Crippen LogP contribution >= 0.6 is 11.8 Å². The van der Waals surface area contributed by atoms with Crippen molar-refractivity contribution in [3.05, 3.63) is 30.1 Å². The molecule has 138 valence electrons. The first-order valence-electron chi connectivity index (χ1n) is 8.01. The number of carbonyl (C=O) groups excluding carboxylic acids is 2. The minimum atomic E-state index is -1.80. The van der Waals surface area contributed by atoms with Gasteiger partial charge in [-0.3, -0.25) is 14.6 Å². The van der Waals surface area contributed by atoms with Crippen LogP contribution in [0.1, 0.15) is 25.3 Å². The minimum Gasteiger partial charge on any atom is -0.466 e. The number of nitrogens with zero attached hydrogens (tertiary/aromatic N) is 3. The number of nitriles is 1. The molecule has 4 atom stereocenters. The SMILES string of the molecule is CCOC(=O)[C@@H]1[C@@H](c2ccncc2)[C@@H](C#N)C(SCC(N)=O)=N[C@@]1(C)O. The van der Waals surface area contributed by atoms with Gasteiger partial charge in [-0.05, 0) is 31.5 Å². The second kappa shape index (κ2) is 8.29. The molecule has 1 aromatic rings. The van der Waals surface area contributed by atoms with Crippen LogP contribution in [-0.4, -0.2) is 45.1 Å². The summed E-state index contributed by atoms with van der Waals surface area (Å²) < 4.78 is 5.12. The van der Waals surface area contributed by atoms with Crippen LogP contribution < -0.4 is 5.73 Å². The Kier molecular flexibility index (Phi) is 6.34. The number of carbonyl (C=O) groups is 2. The molecule has 0 aliphatic carbocycles. The van der Waals surface area contributed by atoms with Gasteiger partial charge in [-0.2, -0.15) is 5.26 Å². The first-order valence-corrected chi connectivity index (χ1v) is 8.99. The Balaban J connectivity index is 2.56. The zero-order chi connectivity index (χ0) is 19.3. The van der Waals surface area contributed by atoms with Crippen LogP contribution in [0.15, 0.2) is 29.5 Å². The topological polar surface area (TPSA) is 139 Å². The third-order valence-corrected chi connectivity index (χ3v) is 5.11. The van der Waals surface area contributed by atoms with Crippen molar-refractivity contribution in [3.63, 3.8) is 0 Å². The zero-order valence-corrected chi connectivity index (χ0v) is 15.3. The molecule has 0 saturated carbocycles. The Labute approximate surface area is 155 Å². The fourth-order valence-electron chi connectivity index (χ4n) is 3.02. The lowest BCUT2D eigenvalue weighted by Gasteiger charge is -2.41. The van der Waals surface area contributed by atoms with E-state index in [0.29, 0.717) is 5.56 Å². The van der Waals surface area contributed by atoms with Crippen LogP contribution in [0.4, 0.5) is 0 Å². The van der Waals surface area contributed by atoms with Gasteiger partial charge in [-0.25, -0.2) is 4.99 Å². The molecule has 26 heavy (non-hydrogen) atoms. The number of primary amides is 1. The molecule has 0 spiro atoms. The molecule has 0 aromatic carbocycles. The van der Waals surface area contributed by atoms with Crippen LogP contribution in [0, 0.1) is 23.2 Å². The monoisotopic (exact) mass is 376 g/mol. The Morgan fingerprint density at radius 1 is 1.46 bits per heavy atom. The van der Waals surface area contributed by atoms with Crippen LogP contribution in [0.3, 0.4) is 0 Å². The third kappa shape index (κ3) is 4.20. The lowest BCUT2D eigenvalue weighted by Crippen LogP contribution is -2.50. The predicted molar refractivity (Wildman–Crippen MR) is 95.9 cm³/mol. The summed E-state index contributed by atoms with van der Waals surface area (Å²) in [4.78, 5) is 31.8. The van der Waals surface area contributed by atoms with E-state index in [2.05, 4.69) is 16.0 Å². The Hall–Kier alpha value is -2.44. The lowest BCUT2D eigenvalue weighted by molar-refractivity contribution is -0.159. The van der Waals surface area contributed by atoms with Crippen LogP contribution in [-0.2, 0) is 14.3 Å². The first kappa shape index (κ1) is 19.9. The van der Waals surface area contributed by atoms with Crippen molar-refractivity contribution in [2.45, 2.75) is 25.5 Å². The molecule has 0 saturated heterocycles. The highest BCUT2D eigenvalue weighted by molar-refractivity contribution is 8.14. The van der Waals surface area contributed by atoms with E-state index in [0.717, 1.165) is 11.8 Å². The van der Waals surface area contributed by atoms with Crippen LogP contribution in [0.2, 0.25) is 0 Å². The highest BCUT2D eigenvalue weighted by Gasteiger charge is 2.52. The molecule has 2 heterocycles. The Morgan fingerprint density at radius 3 is 2.65 bits per heavy atom. The van der Waals surface area contributed by atoms with Crippen molar-refractivity contribution < 1.29 is 19.4 Å². The van der Waals surface area contributed by atoms with Crippen molar-refractivity contribution in [2.75, 3.05) is 12.4 Å². The summed E-state index contributed by atoms with van der Waals surface area (Å²) >= 11 is 0.991. The Bertz CT molecular complexity index is 745. The van der Waals surface area contributed by atoms with Crippen molar-refractivity contribution in [1.29, 1.82) is 5.26 Å². The van der Waals surface area contributed by atoms with E-state index in [1.165, 1.54) is 6.92 Å². The number of hydrogen-bond acceptors (Lipinski definition) is 8. The van der Waals surface area contributed by atoms with Gasteiger partial charge in [0.1, 0.15) is 11.8 Å². The summed E-state index contributed by atoms with van der Waals surface area (Å²) in [7, 11) is 0. The molecule has 3 N–H and O–H groups in total. The number of hydrogen-bond donors (Lipinski definition) is 2. The number of thioether (sulfide) groups is 1. The van der Waals surface area contributed by atoms with Gasteiger partial charge in [0.05, 0.1) is 23.5 Å². The summed E-state index contributed by atoms with van der Waals surface area (Å²) in [6.07, 6.45) is 3.09. The summed E-state index contributed by atoms with van der Waals surface area (Å²) in [6, 6.07) is 5.51. The van der Waals surface area contributed by atoms with E-state index < -0.39 is 35.4 Å². The summed E-state index contributed by atoms with van der Waals surface area (Å²) in [5.41, 5.74) is 4.03. The van der Waals surface area contributed by atoms with E-state index in [9.17, 15) is 20.0 Å².